The van der Waals surface area contributed by atoms with Crippen LogP contribution in [0, 0.1) is 0 Å². The summed E-state index contributed by atoms with van der Waals surface area (Å²) in [7, 11) is 0. The summed E-state index contributed by atoms with van der Waals surface area (Å²) < 4.78 is 8.80. The fraction of sp³-hybridized carbons (Fsp3) is 0.0238. The van der Waals surface area contributed by atoms with Crippen molar-refractivity contribution < 1.29 is 4.42 Å². The summed E-state index contributed by atoms with van der Waals surface area (Å²) in [5.41, 5.74) is 9.94. The van der Waals surface area contributed by atoms with Gasteiger partial charge in [-0.25, -0.2) is 15.0 Å². The Balaban J connectivity index is 1.28. The van der Waals surface area contributed by atoms with Crippen LogP contribution in [-0.2, 0) is 0 Å². The third kappa shape index (κ3) is 5.24. The second kappa shape index (κ2) is 11.9. The van der Waals surface area contributed by atoms with Crippen LogP contribution in [0.4, 0.5) is 0 Å². The van der Waals surface area contributed by atoms with Crippen LogP contribution in [0.2, 0.25) is 0 Å². The molecule has 0 radical (unpaired) electrons. The van der Waals surface area contributed by atoms with Crippen molar-refractivity contribution in [2.45, 2.75) is 6.92 Å². The minimum Gasteiger partial charge on any atom is -0.434 e. The molecule has 8 aromatic rings. The first-order valence-electron chi connectivity index (χ1n) is 15.6. The quantitative estimate of drug-likeness (QED) is 0.140. The number of benzene rings is 6. The number of rotatable bonds is 6. The molecule has 0 N–H and O–H groups in total. The van der Waals surface area contributed by atoms with Crippen molar-refractivity contribution in [3.8, 4) is 17.1 Å². The lowest BCUT2D eigenvalue weighted by molar-refractivity contribution is 0.622. The van der Waals surface area contributed by atoms with Gasteiger partial charge >= 0.3 is 0 Å². The molecule has 0 fully saturated rings. The van der Waals surface area contributed by atoms with Gasteiger partial charge in [-0.2, -0.15) is 0 Å². The summed E-state index contributed by atoms with van der Waals surface area (Å²) in [6, 6.07) is 51.1. The summed E-state index contributed by atoms with van der Waals surface area (Å²) in [5.74, 6) is 1.21. The maximum absolute atomic E-state index is 6.53. The van der Waals surface area contributed by atoms with E-state index in [9.17, 15) is 0 Å². The number of aliphatic imine (C=N–C) groups is 2. The minimum absolute atomic E-state index is 0.603. The molecule has 2 aromatic heterocycles. The Kier molecular flexibility index (Phi) is 7.12. The number of hydrogen-bond donors (Lipinski definition) is 0. The van der Waals surface area contributed by atoms with Gasteiger partial charge in [0.05, 0.1) is 16.7 Å². The highest BCUT2D eigenvalue weighted by molar-refractivity contribution is 6.17. The Morgan fingerprint density at radius 2 is 1.30 bits per heavy atom. The maximum Gasteiger partial charge on any atom is 0.227 e. The van der Waals surface area contributed by atoms with Gasteiger partial charge in [0.1, 0.15) is 5.52 Å². The van der Waals surface area contributed by atoms with E-state index in [2.05, 4.69) is 65.7 Å². The van der Waals surface area contributed by atoms with Gasteiger partial charge in [-0.3, -0.25) is 0 Å². The van der Waals surface area contributed by atoms with Crippen molar-refractivity contribution in [1.82, 2.24) is 9.55 Å². The standard InChI is InChI=1S/C42H30N4O/c1-28(30-15-6-3-7-16-30)43-41(31-17-8-4-9-18-31)44-29(2)33-21-14-22-34(27-33)46-38-24-13-12-23-35(38)36-25-26-37-40(39(36)46)47-42(45-37)32-19-10-5-11-20-32/h3-27H,1H2,2H3. The first-order valence-corrected chi connectivity index (χ1v) is 15.6. The number of oxazole rings is 1. The monoisotopic (exact) mass is 606 g/mol. The van der Waals surface area contributed by atoms with Crippen molar-refractivity contribution in [3.63, 3.8) is 0 Å². The van der Waals surface area contributed by atoms with E-state index in [1.165, 1.54) is 0 Å². The molecule has 0 atom stereocenters. The number of aromatic nitrogens is 2. The summed E-state index contributed by atoms with van der Waals surface area (Å²) in [5, 5.41) is 2.26. The smallest absolute Gasteiger partial charge is 0.227 e. The molecular weight excluding hydrogens is 576 g/mol. The lowest BCUT2D eigenvalue weighted by Gasteiger charge is -2.11. The van der Waals surface area contributed by atoms with Crippen LogP contribution in [0.1, 0.15) is 23.6 Å². The van der Waals surface area contributed by atoms with Gasteiger partial charge in [0.15, 0.2) is 11.4 Å². The number of hydrogen-bond acceptors (Lipinski definition) is 3. The molecule has 8 rings (SSSR count). The molecule has 0 spiro atoms. The SMILES string of the molecule is C=C(N=C(N=C(C)c1cccc(-n2c3ccccc3c3ccc4nc(-c5ccccc5)oc4c32)c1)c1ccccc1)c1ccccc1. The Hall–Kier alpha value is -6.33. The first-order chi connectivity index (χ1) is 23.1. The van der Waals surface area contributed by atoms with E-state index in [-0.39, 0.29) is 0 Å². The molecule has 0 aliphatic carbocycles. The van der Waals surface area contributed by atoms with Crippen LogP contribution in [0.3, 0.4) is 0 Å². The first kappa shape index (κ1) is 28.2. The normalized spacial score (nSPS) is 12.3. The lowest BCUT2D eigenvalue weighted by Crippen LogP contribution is -2.05. The molecule has 0 aliphatic rings. The third-order valence-corrected chi connectivity index (χ3v) is 8.39. The van der Waals surface area contributed by atoms with Crippen molar-refractivity contribution >= 4 is 50.1 Å². The van der Waals surface area contributed by atoms with E-state index in [4.69, 9.17) is 19.4 Å². The van der Waals surface area contributed by atoms with E-state index in [0.717, 1.165) is 66.6 Å². The summed E-state index contributed by atoms with van der Waals surface area (Å²) >= 11 is 0. The van der Waals surface area contributed by atoms with Gasteiger partial charge < -0.3 is 8.98 Å². The minimum atomic E-state index is 0.603. The molecule has 47 heavy (non-hydrogen) atoms. The zero-order chi connectivity index (χ0) is 31.7. The van der Waals surface area contributed by atoms with Crippen LogP contribution in [0.5, 0.6) is 0 Å². The second-order valence-electron chi connectivity index (χ2n) is 11.4. The molecule has 0 bridgehead atoms. The molecule has 0 saturated carbocycles. The van der Waals surface area contributed by atoms with E-state index in [1.54, 1.807) is 0 Å². The molecule has 0 unspecified atom stereocenters. The van der Waals surface area contributed by atoms with Crippen molar-refractivity contribution in [3.05, 3.63) is 175 Å². The highest BCUT2D eigenvalue weighted by Gasteiger charge is 2.19. The molecule has 0 amide bonds. The number of para-hydroxylation sites is 1. The van der Waals surface area contributed by atoms with Crippen LogP contribution in [-0.4, -0.2) is 21.1 Å². The van der Waals surface area contributed by atoms with Crippen molar-refractivity contribution in [2.24, 2.45) is 9.98 Å². The van der Waals surface area contributed by atoms with Gasteiger partial charge in [0.25, 0.3) is 0 Å². The van der Waals surface area contributed by atoms with E-state index in [0.29, 0.717) is 17.4 Å². The highest BCUT2D eigenvalue weighted by atomic mass is 16.3. The van der Waals surface area contributed by atoms with Crippen LogP contribution in [0.25, 0.3) is 55.7 Å². The zero-order valence-electron chi connectivity index (χ0n) is 25.8. The molecular formula is C42H30N4O. The van der Waals surface area contributed by atoms with Crippen LogP contribution >= 0.6 is 0 Å². The molecule has 5 nitrogen and oxygen atoms in total. The molecule has 0 saturated heterocycles. The Labute approximate surface area is 272 Å². The molecule has 224 valence electrons. The summed E-state index contributed by atoms with van der Waals surface area (Å²) in [6.45, 7) is 6.27. The molecule has 5 heteroatoms. The van der Waals surface area contributed by atoms with Gasteiger partial charge in [-0.15, -0.1) is 0 Å². The van der Waals surface area contributed by atoms with Gasteiger partial charge in [0, 0.05) is 33.3 Å². The third-order valence-electron chi connectivity index (χ3n) is 8.39. The van der Waals surface area contributed by atoms with Crippen LogP contribution < -0.4 is 0 Å². The fourth-order valence-electron chi connectivity index (χ4n) is 6.06. The fourth-order valence-corrected chi connectivity index (χ4v) is 6.06. The molecule has 0 aliphatic heterocycles. The average molecular weight is 607 g/mol. The lowest BCUT2D eigenvalue weighted by atomic mass is 10.1. The Morgan fingerprint density at radius 3 is 2.06 bits per heavy atom. The molecule has 6 aromatic carbocycles. The van der Waals surface area contributed by atoms with Crippen molar-refractivity contribution in [1.29, 1.82) is 0 Å². The van der Waals surface area contributed by atoms with E-state index in [1.807, 2.05) is 104 Å². The van der Waals surface area contributed by atoms with Crippen LogP contribution in [0.15, 0.2) is 173 Å². The van der Waals surface area contributed by atoms with E-state index < -0.39 is 0 Å². The zero-order valence-corrected chi connectivity index (χ0v) is 25.8. The summed E-state index contributed by atoms with van der Waals surface area (Å²) in [4.78, 5) is 14.9. The Morgan fingerprint density at radius 1 is 0.638 bits per heavy atom. The number of nitrogens with zero attached hydrogens (tertiary/aromatic N) is 4. The van der Waals surface area contributed by atoms with Crippen molar-refractivity contribution in [2.75, 3.05) is 0 Å². The Bertz CT molecular complexity index is 2470. The highest BCUT2D eigenvalue weighted by Crippen LogP contribution is 2.38. The number of amidine groups is 1. The number of fused-ring (bicyclic) bond motifs is 5. The van der Waals surface area contributed by atoms with Gasteiger partial charge in [-0.1, -0.05) is 116 Å². The van der Waals surface area contributed by atoms with E-state index >= 15 is 0 Å². The maximum atomic E-state index is 6.53. The summed E-state index contributed by atoms with van der Waals surface area (Å²) in [6.07, 6.45) is 0. The predicted molar refractivity (Wildman–Crippen MR) is 194 cm³/mol. The largest absolute Gasteiger partial charge is 0.434 e. The predicted octanol–water partition coefficient (Wildman–Crippen LogP) is 10.5. The molecule has 2 heterocycles. The van der Waals surface area contributed by atoms with Gasteiger partial charge in [0.2, 0.25) is 5.89 Å². The topological polar surface area (TPSA) is 55.7 Å². The average Bonchev–Trinajstić information content (AvgIpc) is 3.72. The second-order valence-corrected chi connectivity index (χ2v) is 11.4. The van der Waals surface area contributed by atoms with Gasteiger partial charge in [-0.05, 0) is 60.5 Å².